The van der Waals surface area contributed by atoms with Gasteiger partial charge in [0.25, 0.3) is 11.6 Å². The molecule has 9 nitrogen and oxygen atoms in total. The van der Waals surface area contributed by atoms with Gasteiger partial charge in [0.15, 0.2) is 5.16 Å². The van der Waals surface area contributed by atoms with Crippen molar-refractivity contribution in [3.8, 4) is 0 Å². The highest BCUT2D eigenvalue weighted by Gasteiger charge is 2.28. The van der Waals surface area contributed by atoms with E-state index in [1.165, 1.54) is 12.4 Å². The van der Waals surface area contributed by atoms with Gasteiger partial charge in [-0.25, -0.2) is 0 Å². The molecule has 0 aliphatic heterocycles. The molecule has 3 rings (SSSR count). The summed E-state index contributed by atoms with van der Waals surface area (Å²) in [5, 5.41) is 22.6. The molecular weight excluding hydrogens is 356 g/mol. The van der Waals surface area contributed by atoms with E-state index in [0.29, 0.717) is 16.6 Å². The lowest BCUT2D eigenvalue weighted by molar-refractivity contribution is -0.387. The van der Waals surface area contributed by atoms with E-state index in [4.69, 9.17) is 5.73 Å². The number of rotatable bonds is 6. The highest BCUT2D eigenvalue weighted by molar-refractivity contribution is 7.99. The van der Waals surface area contributed by atoms with E-state index in [2.05, 4.69) is 15.5 Å². The Kier molecular flexibility index (Phi) is 5.52. The van der Waals surface area contributed by atoms with E-state index >= 15 is 0 Å². The van der Waals surface area contributed by atoms with Crippen LogP contribution in [0.1, 0.15) is 29.6 Å². The molecule has 1 aromatic heterocycles. The number of benzene rings is 1. The Hall–Kier alpha value is -2.46. The Morgan fingerprint density at radius 2 is 2.31 bits per heavy atom. The average molecular weight is 376 g/mol. The summed E-state index contributed by atoms with van der Waals surface area (Å²) in [5.74, 6) is -0.0478. The van der Waals surface area contributed by atoms with E-state index < -0.39 is 4.92 Å². The Morgan fingerprint density at radius 3 is 2.96 bits per heavy atom. The van der Waals surface area contributed by atoms with Crippen molar-refractivity contribution in [2.45, 2.75) is 35.4 Å². The second-order valence-electron chi connectivity index (χ2n) is 6.27. The lowest BCUT2D eigenvalue weighted by atomic mass is 10.0. The van der Waals surface area contributed by atoms with Gasteiger partial charge in [0.05, 0.1) is 9.82 Å². The minimum atomic E-state index is -0.492. The first-order valence-electron chi connectivity index (χ1n) is 8.30. The summed E-state index contributed by atoms with van der Waals surface area (Å²) in [7, 11) is 1.76. The molecule has 1 heterocycles. The number of hydrogen-bond donors (Lipinski definition) is 2. The maximum atomic E-state index is 12.5. The van der Waals surface area contributed by atoms with Gasteiger partial charge >= 0.3 is 0 Å². The summed E-state index contributed by atoms with van der Waals surface area (Å²) >= 11 is 1.13. The third-order valence-electron chi connectivity index (χ3n) is 4.57. The SMILES string of the molecule is Cn1cnnc1Sc1ccc(C(=O)NC2CCCC2CN)cc1[N+](=O)[O-]. The first-order chi connectivity index (χ1) is 12.5. The van der Waals surface area contributed by atoms with E-state index in [1.54, 1.807) is 23.7 Å². The zero-order chi connectivity index (χ0) is 18.7. The molecule has 0 radical (unpaired) electrons. The quantitative estimate of drug-likeness (QED) is 0.580. The molecule has 0 saturated heterocycles. The van der Waals surface area contributed by atoms with Crippen LogP contribution in [0.2, 0.25) is 0 Å². The fraction of sp³-hybridized carbons (Fsp3) is 0.438. The van der Waals surface area contributed by atoms with Crippen LogP contribution in [0.4, 0.5) is 5.69 Å². The number of nitrogens with zero attached hydrogens (tertiary/aromatic N) is 4. The lowest BCUT2D eigenvalue weighted by Gasteiger charge is -2.19. The minimum absolute atomic E-state index is 0.0271. The predicted octanol–water partition coefficient (Wildman–Crippen LogP) is 1.73. The summed E-state index contributed by atoms with van der Waals surface area (Å²) < 4.78 is 1.67. The van der Waals surface area contributed by atoms with Crippen molar-refractivity contribution in [3.63, 3.8) is 0 Å². The van der Waals surface area contributed by atoms with Gasteiger partial charge in [-0.3, -0.25) is 14.9 Å². The van der Waals surface area contributed by atoms with Crippen LogP contribution >= 0.6 is 11.8 Å². The molecule has 1 saturated carbocycles. The van der Waals surface area contributed by atoms with Crippen LogP contribution in [0, 0.1) is 16.0 Å². The maximum Gasteiger partial charge on any atom is 0.284 e. The maximum absolute atomic E-state index is 12.5. The number of carbonyl (C=O) groups excluding carboxylic acids is 1. The average Bonchev–Trinajstić information content (AvgIpc) is 3.23. The molecule has 1 amide bonds. The highest BCUT2D eigenvalue weighted by atomic mass is 32.2. The molecule has 26 heavy (non-hydrogen) atoms. The van der Waals surface area contributed by atoms with Crippen LogP contribution in [-0.2, 0) is 7.05 Å². The molecule has 0 spiro atoms. The minimum Gasteiger partial charge on any atom is -0.349 e. The summed E-state index contributed by atoms with van der Waals surface area (Å²) in [5.41, 5.74) is 5.88. The first-order valence-corrected chi connectivity index (χ1v) is 9.12. The number of aryl methyl sites for hydroxylation is 1. The molecular formula is C16H20N6O3S. The standard InChI is InChI=1S/C16H20N6O3S/c1-21-9-18-20-16(21)26-14-6-5-10(7-13(14)22(24)25)15(23)19-12-4-2-3-11(12)8-17/h5-7,9,11-12H,2-4,8,17H2,1H3,(H,19,23). The number of aromatic nitrogens is 3. The molecule has 2 atom stereocenters. The van der Waals surface area contributed by atoms with E-state index in [1.807, 2.05) is 0 Å². The van der Waals surface area contributed by atoms with Crippen LogP contribution < -0.4 is 11.1 Å². The predicted molar refractivity (Wildman–Crippen MR) is 95.9 cm³/mol. The van der Waals surface area contributed by atoms with Crippen LogP contribution in [0.3, 0.4) is 0 Å². The van der Waals surface area contributed by atoms with Gasteiger partial charge in [0, 0.05) is 24.7 Å². The summed E-state index contributed by atoms with van der Waals surface area (Å²) in [6, 6.07) is 4.49. The monoisotopic (exact) mass is 376 g/mol. The van der Waals surface area contributed by atoms with Crippen LogP contribution in [0.15, 0.2) is 34.6 Å². The van der Waals surface area contributed by atoms with Crippen molar-refractivity contribution in [2.24, 2.45) is 18.7 Å². The van der Waals surface area contributed by atoms with Crippen LogP contribution in [0.5, 0.6) is 0 Å². The van der Waals surface area contributed by atoms with Crippen molar-refractivity contribution >= 4 is 23.4 Å². The Balaban J connectivity index is 1.80. The van der Waals surface area contributed by atoms with E-state index in [0.717, 1.165) is 31.0 Å². The van der Waals surface area contributed by atoms with Gasteiger partial charge in [0.2, 0.25) is 0 Å². The number of nitrogens with two attached hydrogens (primary N) is 1. The first kappa shape index (κ1) is 18.3. The Bertz CT molecular complexity index is 824. The molecule has 0 bridgehead atoms. The van der Waals surface area contributed by atoms with Gasteiger partial charge < -0.3 is 15.6 Å². The third-order valence-corrected chi connectivity index (χ3v) is 5.68. The molecule has 2 aromatic rings. The van der Waals surface area contributed by atoms with Crippen molar-refractivity contribution in [1.82, 2.24) is 20.1 Å². The van der Waals surface area contributed by atoms with Crippen molar-refractivity contribution in [1.29, 1.82) is 0 Å². The smallest absolute Gasteiger partial charge is 0.284 e. The summed E-state index contributed by atoms with van der Waals surface area (Å²) in [6.07, 6.45) is 4.43. The molecule has 1 aliphatic rings. The van der Waals surface area contributed by atoms with E-state index in [-0.39, 0.29) is 29.1 Å². The number of nitro benzene ring substituents is 1. The van der Waals surface area contributed by atoms with Crippen molar-refractivity contribution in [3.05, 3.63) is 40.2 Å². The number of amides is 1. The van der Waals surface area contributed by atoms with E-state index in [9.17, 15) is 14.9 Å². The molecule has 1 aromatic carbocycles. The number of nitro groups is 1. The van der Waals surface area contributed by atoms with Gasteiger partial charge in [0.1, 0.15) is 6.33 Å². The molecule has 1 fully saturated rings. The second kappa shape index (κ2) is 7.83. The fourth-order valence-electron chi connectivity index (χ4n) is 3.11. The molecule has 10 heteroatoms. The third kappa shape index (κ3) is 3.86. The van der Waals surface area contributed by atoms with Gasteiger partial charge in [-0.1, -0.05) is 6.42 Å². The van der Waals surface area contributed by atoms with Crippen molar-refractivity contribution < 1.29 is 9.72 Å². The van der Waals surface area contributed by atoms with Crippen molar-refractivity contribution in [2.75, 3.05) is 6.54 Å². The summed E-state index contributed by atoms with van der Waals surface area (Å²) in [6.45, 7) is 0.526. The van der Waals surface area contributed by atoms with Crippen LogP contribution in [0.25, 0.3) is 0 Å². The highest BCUT2D eigenvalue weighted by Crippen LogP contribution is 2.34. The van der Waals surface area contributed by atoms with Gasteiger partial charge in [-0.2, -0.15) is 0 Å². The molecule has 1 aliphatic carbocycles. The molecule has 2 unspecified atom stereocenters. The zero-order valence-electron chi connectivity index (χ0n) is 14.3. The lowest BCUT2D eigenvalue weighted by Crippen LogP contribution is -2.39. The second-order valence-corrected chi connectivity index (χ2v) is 7.28. The van der Waals surface area contributed by atoms with Crippen LogP contribution in [-0.4, -0.2) is 38.2 Å². The zero-order valence-corrected chi connectivity index (χ0v) is 15.1. The number of carbonyl (C=O) groups is 1. The van der Waals surface area contributed by atoms with Gasteiger partial charge in [-0.15, -0.1) is 10.2 Å². The fourth-order valence-corrected chi connectivity index (χ4v) is 3.96. The summed E-state index contributed by atoms with van der Waals surface area (Å²) in [4.78, 5) is 23.9. The Morgan fingerprint density at radius 1 is 1.50 bits per heavy atom. The number of nitrogens with one attached hydrogen (secondary N) is 1. The normalized spacial score (nSPS) is 19.5. The molecule has 138 valence electrons. The van der Waals surface area contributed by atoms with Gasteiger partial charge in [-0.05, 0) is 49.2 Å². The largest absolute Gasteiger partial charge is 0.349 e. The number of hydrogen-bond acceptors (Lipinski definition) is 7. The Labute approximate surface area is 154 Å². The molecule has 3 N–H and O–H groups in total. The topological polar surface area (TPSA) is 129 Å².